The first-order valence-corrected chi connectivity index (χ1v) is 7.24. The van der Waals surface area contributed by atoms with Crippen LogP contribution in [-0.4, -0.2) is 33.8 Å². The van der Waals surface area contributed by atoms with Crippen molar-refractivity contribution >= 4 is 37.9 Å². The molecule has 0 aromatic carbocycles. The Hall–Kier alpha value is -1.67. The topological polar surface area (TPSA) is 76.7 Å². The van der Waals surface area contributed by atoms with Crippen molar-refractivity contribution < 1.29 is 13.1 Å². The normalized spacial score (nSPS) is 12.3. The average molecular weight is 285 g/mol. The van der Waals surface area contributed by atoms with Crippen LogP contribution in [0, 0.1) is 5.21 Å². The van der Waals surface area contributed by atoms with Gasteiger partial charge < -0.3 is 10.1 Å². The van der Waals surface area contributed by atoms with E-state index < -0.39 is 10.0 Å². The van der Waals surface area contributed by atoms with Crippen molar-refractivity contribution in [2.45, 2.75) is 4.21 Å². The summed E-state index contributed by atoms with van der Waals surface area (Å²) in [5.41, 5.74) is 0. The van der Waals surface area contributed by atoms with E-state index in [4.69, 9.17) is 0 Å². The lowest BCUT2D eigenvalue weighted by molar-refractivity contribution is -0.574. The highest BCUT2D eigenvalue weighted by Gasteiger charge is 2.19. The second-order valence-electron chi connectivity index (χ2n) is 3.82. The Balaban J connectivity index is 2.52. The van der Waals surface area contributed by atoms with E-state index in [2.05, 4.69) is 4.40 Å². The van der Waals surface area contributed by atoms with Crippen molar-refractivity contribution in [2.75, 3.05) is 14.1 Å². The van der Waals surface area contributed by atoms with E-state index in [1.807, 2.05) is 0 Å². The fourth-order valence-electron chi connectivity index (χ4n) is 1.29. The third-order valence-electron chi connectivity index (χ3n) is 2.09. The van der Waals surface area contributed by atoms with Crippen molar-refractivity contribution in [3.63, 3.8) is 0 Å². The average Bonchev–Trinajstić information content (AvgIpc) is 2.73. The molecule has 2 rings (SSSR count). The van der Waals surface area contributed by atoms with Gasteiger partial charge in [-0.3, -0.25) is 0 Å². The molecule has 0 amide bonds. The van der Waals surface area contributed by atoms with Crippen molar-refractivity contribution in [3.8, 4) is 0 Å². The zero-order valence-electron chi connectivity index (χ0n) is 9.77. The van der Waals surface area contributed by atoms with E-state index >= 15 is 0 Å². The first-order chi connectivity index (χ1) is 8.40. The Morgan fingerprint density at radius 2 is 2.22 bits per heavy atom. The van der Waals surface area contributed by atoms with E-state index in [1.165, 1.54) is 23.5 Å². The fraction of sp³-hybridized carbons (Fsp3) is 0.200. The largest absolute Gasteiger partial charge is 0.618 e. The number of hydrogen-bond donors (Lipinski definition) is 0. The number of thiophene rings is 1. The van der Waals surface area contributed by atoms with Gasteiger partial charge in [0.25, 0.3) is 14.9 Å². The van der Waals surface area contributed by atoms with Crippen molar-refractivity contribution in [1.29, 1.82) is 0 Å². The molecule has 0 aliphatic rings. The van der Waals surface area contributed by atoms with Crippen LogP contribution in [0.25, 0.3) is 10.2 Å². The maximum Gasteiger partial charge on any atom is 0.293 e. The molecule has 0 atom stereocenters. The van der Waals surface area contributed by atoms with Gasteiger partial charge in [0.15, 0.2) is 6.20 Å². The van der Waals surface area contributed by atoms with Crippen LogP contribution in [-0.2, 0) is 10.0 Å². The number of pyridine rings is 1. The van der Waals surface area contributed by atoms with E-state index in [0.29, 0.717) is 14.9 Å². The Morgan fingerprint density at radius 3 is 2.83 bits per heavy atom. The SMILES string of the molecule is CN(C)/C=N/S(=O)(=O)c1cc2ccc[n+]([O-])c2s1. The fourth-order valence-corrected chi connectivity index (χ4v) is 3.54. The Bertz CT molecular complexity index is 704. The number of sulfonamides is 1. The van der Waals surface area contributed by atoms with Crippen LogP contribution in [0.5, 0.6) is 0 Å². The maximum atomic E-state index is 11.9. The highest BCUT2D eigenvalue weighted by Crippen LogP contribution is 2.27. The van der Waals surface area contributed by atoms with Crippen molar-refractivity contribution in [3.05, 3.63) is 29.6 Å². The van der Waals surface area contributed by atoms with Gasteiger partial charge in [-0.25, -0.2) is 0 Å². The standard InChI is InChI=1S/C10H11N3O3S2/c1-12(2)7-11-18(15,16)9-6-8-4-3-5-13(14)10(8)17-9/h3-7H,1-2H3/b11-7+. The van der Waals surface area contributed by atoms with Crippen LogP contribution in [0.15, 0.2) is 33.0 Å². The molecule has 0 saturated carbocycles. The van der Waals surface area contributed by atoms with E-state index in [0.717, 1.165) is 11.3 Å². The zero-order valence-corrected chi connectivity index (χ0v) is 11.4. The third kappa shape index (κ3) is 2.44. The molecule has 0 saturated heterocycles. The number of hydrogen-bond acceptors (Lipinski definition) is 4. The molecular formula is C10H11N3O3S2. The van der Waals surface area contributed by atoms with Crippen molar-refractivity contribution in [1.82, 2.24) is 4.90 Å². The molecular weight excluding hydrogens is 274 g/mol. The summed E-state index contributed by atoms with van der Waals surface area (Å²) in [5.74, 6) is 0. The van der Waals surface area contributed by atoms with Crippen LogP contribution >= 0.6 is 11.3 Å². The van der Waals surface area contributed by atoms with Crippen LogP contribution in [0.1, 0.15) is 0 Å². The molecule has 96 valence electrons. The van der Waals surface area contributed by atoms with Gasteiger partial charge in [0.2, 0.25) is 0 Å². The lowest BCUT2D eigenvalue weighted by atomic mass is 10.3. The molecule has 0 aliphatic heterocycles. The molecule has 18 heavy (non-hydrogen) atoms. The number of fused-ring (bicyclic) bond motifs is 1. The monoisotopic (exact) mass is 285 g/mol. The predicted octanol–water partition coefficient (Wildman–Crippen LogP) is 0.813. The summed E-state index contributed by atoms with van der Waals surface area (Å²) < 4.78 is 28.0. The molecule has 6 nitrogen and oxygen atoms in total. The van der Waals surface area contributed by atoms with Gasteiger partial charge >= 0.3 is 0 Å². The van der Waals surface area contributed by atoms with Gasteiger partial charge in [0.05, 0.1) is 5.39 Å². The van der Waals surface area contributed by atoms with Gasteiger partial charge in [0, 0.05) is 20.2 Å². The van der Waals surface area contributed by atoms with Crippen molar-refractivity contribution in [2.24, 2.45) is 4.40 Å². The Morgan fingerprint density at radius 1 is 1.50 bits per heavy atom. The van der Waals surface area contributed by atoms with Crippen LogP contribution in [0.2, 0.25) is 0 Å². The van der Waals surface area contributed by atoms with Gasteiger partial charge in [-0.2, -0.15) is 13.1 Å². The minimum atomic E-state index is -3.74. The summed E-state index contributed by atoms with van der Waals surface area (Å²) >= 11 is 0.913. The summed E-state index contributed by atoms with van der Waals surface area (Å²) in [6.07, 6.45) is 2.54. The first-order valence-electron chi connectivity index (χ1n) is 4.99. The molecule has 0 bridgehead atoms. The highest BCUT2D eigenvalue weighted by molar-refractivity contribution is 7.92. The minimum Gasteiger partial charge on any atom is -0.618 e. The van der Waals surface area contributed by atoms with Gasteiger partial charge in [-0.1, -0.05) is 11.3 Å². The molecule has 0 unspecified atom stereocenters. The lowest BCUT2D eigenvalue weighted by Gasteiger charge is -2.01. The lowest BCUT2D eigenvalue weighted by Crippen LogP contribution is -2.24. The molecule has 2 aromatic heterocycles. The molecule has 2 aromatic rings. The Kier molecular flexibility index (Phi) is 3.22. The summed E-state index contributed by atoms with van der Waals surface area (Å²) in [6, 6.07) is 4.72. The second-order valence-corrected chi connectivity index (χ2v) is 6.71. The van der Waals surface area contributed by atoms with Gasteiger partial charge in [-0.05, 0) is 12.1 Å². The van der Waals surface area contributed by atoms with Crippen LogP contribution in [0.4, 0.5) is 0 Å². The third-order valence-corrected chi connectivity index (χ3v) is 4.89. The number of nitrogens with zero attached hydrogens (tertiary/aromatic N) is 3. The minimum absolute atomic E-state index is 0.0615. The van der Waals surface area contributed by atoms with Gasteiger partial charge in [0.1, 0.15) is 10.5 Å². The summed E-state index contributed by atoms with van der Waals surface area (Å²) in [7, 11) is -0.388. The Labute approximate surface area is 108 Å². The quantitative estimate of drug-likeness (QED) is 0.362. The molecule has 2 heterocycles. The predicted molar refractivity (Wildman–Crippen MR) is 70.1 cm³/mol. The van der Waals surface area contributed by atoms with E-state index in [9.17, 15) is 13.6 Å². The number of aromatic nitrogens is 1. The first kappa shape index (κ1) is 12.8. The molecule has 0 N–H and O–H groups in total. The van der Waals surface area contributed by atoms with E-state index in [1.54, 1.807) is 26.2 Å². The molecule has 0 fully saturated rings. The van der Waals surface area contributed by atoms with Gasteiger partial charge in [-0.15, -0.1) is 4.40 Å². The highest BCUT2D eigenvalue weighted by atomic mass is 32.2. The summed E-state index contributed by atoms with van der Waals surface area (Å²) in [6.45, 7) is 0. The molecule has 8 heteroatoms. The number of rotatable bonds is 3. The molecule has 0 radical (unpaired) electrons. The maximum absolute atomic E-state index is 11.9. The molecule has 0 spiro atoms. The second kappa shape index (κ2) is 4.54. The zero-order chi connectivity index (χ0) is 13.3. The smallest absolute Gasteiger partial charge is 0.293 e. The van der Waals surface area contributed by atoms with Crippen LogP contribution in [0.3, 0.4) is 0 Å². The molecule has 0 aliphatic carbocycles. The summed E-state index contributed by atoms with van der Waals surface area (Å²) in [5, 5.41) is 12.1. The van der Waals surface area contributed by atoms with Crippen LogP contribution < -0.4 is 4.73 Å². The van der Waals surface area contributed by atoms with E-state index in [-0.39, 0.29) is 4.21 Å². The summed E-state index contributed by atoms with van der Waals surface area (Å²) in [4.78, 5) is 1.88.